The van der Waals surface area contributed by atoms with Gasteiger partial charge < -0.3 is 0 Å². The highest BCUT2D eigenvalue weighted by Gasteiger charge is 1.89. The molecule has 0 atom stereocenters. The lowest BCUT2D eigenvalue weighted by Crippen LogP contribution is -1.81. The molecule has 78 valence electrons. The summed E-state index contributed by atoms with van der Waals surface area (Å²) >= 11 is 0. The molecule has 3 heterocycles. The first-order valence-corrected chi connectivity index (χ1v) is 4.67. The second kappa shape index (κ2) is 5.45. The van der Waals surface area contributed by atoms with Gasteiger partial charge in [-0.2, -0.15) is 0 Å². The molecule has 0 fully saturated rings. The van der Waals surface area contributed by atoms with Gasteiger partial charge in [0.05, 0.1) is 11.7 Å². The van der Waals surface area contributed by atoms with Crippen molar-refractivity contribution >= 4 is 11.0 Å². The molecule has 0 spiro atoms. The zero-order chi connectivity index (χ0) is 11.1. The maximum Gasteiger partial charge on any atom is 0.107 e. The average Bonchev–Trinajstić information content (AvgIpc) is 2.42. The van der Waals surface area contributed by atoms with Crippen molar-refractivity contribution in [3.8, 4) is 0 Å². The molecule has 3 aromatic rings. The van der Waals surface area contributed by atoms with Gasteiger partial charge in [0.2, 0.25) is 0 Å². The molecular formula is C11H9N5. The fraction of sp³-hybridized carbons (Fsp3) is 0. The zero-order valence-corrected chi connectivity index (χ0v) is 8.43. The maximum absolute atomic E-state index is 4.08. The number of hydrogen-bond acceptors (Lipinski definition) is 5. The molecule has 0 aromatic carbocycles. The topological polar surface area (TPSA) is 64.5 Å². The Hall–Kier alpha value is -2.43. The summed E-state index contributed by atoms with van der Waals surface area (Å²) in [6.45, 7) is 0. The number of nitrogens with zero attached hydrogens (tertiary/aromatic N) is 5. The van der Waals surface area contributed by atoms with Crippen LogP contribution in [0.4, 0.5) is 0 Å². The van der Waals surface area contributed by atoms with E-state index in [-0.39, 0.29) is 0 Å². The van der Waals surface area contributed by atoms with Crippen LogP contribution in [0.1, 0.15) is 0 Å². The molecule has 3 rings (SSSR count). The number of fused-ring (bicyclic) bond motifs is 1. The lowest BCUT2D eigenvalue weighted by atomic mass is 10.4. The van der Waals surface area contributed by atoms with Crippen molar-refractivity contribution in [2.45, 2.75) is 0 Å². The molecule has 0 unspecified atom stereocenters. The quantitative estimate of drug-likeness (QED) is 0.563. The minimum absolute atomic E-state index is 0.838. The molecule has 3 aromatic heterocycles. The van der Waals surface area contributed by atoms with E-state index in [1.54, 1.807) is 49.6 Å². The normalized spacial score (nSPS) is 9.25. The predicted molar refractivity (Wildman–Crippen MR) is 59.4 cm³/mol. The standard InChI is InChI=1S/C7H5N3.C4H4N2/c1-2-8-5-7-6(1)9-3-4-10-7;1-2-6-4-3-5-1/h1-5H;1-4H. The Morgan fingerprint density at radius 3 is 1.75 bits per heavy atom. The Kier molecular flexibility index (Phi) is 3.44. The van der Waals surface area contributed by atoms with E-state index >= 15 is 0 Å². The molecule has 0 aliphatic carbocycles. The first-order chi connectivity index (χ1) is 7.97. The fourth-order valence-electron chi connectivity index (χ4n) is 1.07. The van der Waals surface area contributed by atoms with Crippen LogP contribution >= 0.6 is 0 Å². The summed E-state index contributed by atoms with van der Waals surface area (Å²) in [4.78, 5) is 19.5. The molecule has 0 saturated heterocycles. The summed E-state index contributed by atoms with van der Waals surface area (Å²) in [5.74, 6) is 0. The second-order valence-corrected chi connectivity index (χ2v) is 2.82. The molecule has 0 radical (unpaired) electrons. The van der Waals surface area contributed by atoms with Crippen molar-refractivity contribution in [1.29, 1.82) is 0 Å². The summed E-state index contributed by atoms with van der Waals surface area (Å²) in [6, 6.07) is 1.84. The Labute approximate surface area is 92.3 Å². The number of pyridine rings is 1. The monoisotopic (exact) mass is 211 g/mol. The lowest BCUT2D eigenvalue weighted by Gasteiger charge is -1.90. The Balaban J connectivity index is 0.000000138. The highest BCUT2D eigenvalue weighted by Crippen LogP contribution is 2.02. The van der Waals surface area contributed by atoms with Gasteiger partial charge in [-0.25, -0.2) is 0 Å². The summed E-state index contributed by atoms with van der Waals surface area (Å²) in [5, 5.41) is 0. The Bertz CT molecular complexity index is 449. The Morgan fingerprint density at radius 1 is 0.562 bits per heavy atom. The smallest absolute Gasteiger partial charge is 0.107 e. The van der Waals surface area contributed by atoms with Crippen LogP contribution < -0.4 is 0 Å². The lowest BCUT2D eigenvalue weighted by molar-refractivity contribution is 1.20. The van der Waals surface area contributed by atoms with E-state index in [4.69, 9.17) is 0 Å². The molecule has 0 bridgehead atoms. The Morgan fingerprint density at radius 2 is 1.19 bits per heavy atom. The van der Waals surface area contributed by atoms with Gasteiger partial charge in [0.1, 0.15) is 5.52 Å². The number of hydrogen-bond donors (Lipinski definition) is 0. The van der Waals surface area contributed by atoms with Crippen LogP contribution in [0, 0.1) is 0 Å². The van der Waals surface area contributed by atoms with Gasteiger partial charge in [-0.1, -0.05) is 0 Å². The van der Waals surface area contributed by atoms with Crippen molar-refractivity contribution < 1.29 is 0 Å². The third-order valence-electron chi connectivity index (χ3n) is 1.75. The van der Waals surface area contributed by atoms with Crippen LogP contribution in [0.5, 0.6) is 0 Å². The average molecular weight is 211 g/mol. The van der Waals surface area contributed by atoms with Crippen molar-refractivity contribution in [2.75, 3.05) is 0 Å². The van der Waals surface area contributed by atoms with Crippen LogP contribution in [-0.4, -0.2) is 24.9 Å². The molecule has 5 heteroatoms. The van der Waals surface area contributed by atoms with E-state index in [0.29, 0.717) is 0 Å². The SMILES string of the molecule is c1cc2nccnc2cn1.c1cnccn1. The predicted octanol–water partition coefficient (Wildman–Crippen LogP) is 1.50. The zero-order valence-electron chi connectivity index (χ0n) is 8.43. The summed E-state index contributed by atoms with van der Waals surface area (Å²) in [7, 11) is 0. The molecule has 0 N–H and O–H groups in total. The summed E-state index contributed by atoms with van der Waals surface area (Å²) < 4.78 is 0. The van der Waals surface area contributed by atoms with Gasteiger partial charge in [0, 0.05) is 43.4 Å². The molecule has 0 aliphatic rings. The van der Waals surface area contributed by atoms with Crippen molar-refractivity contribution in [1.82, 2.24) is 24.9 Å². The summed E-state index contributed by atoms with van der Waals surface area (Å²) in [6.07, 6.45) is 13.3. The largest absolute Gasteiger partial charge is 0.262 e. The molecule has 0 aliphatic heterocycles. The third kappa shape index (κ3) is 2.78. The number of rotatable bonds is 0. The molecular weight excluding hydrogens is 202 g/mol. The first-order valence-electron chi connectivity index (χ1n) is 4.67. The van der Waals surface area contributed by atoms with E-state index in [0.717, 1.165) is 11.0 Å². The van der Waals surface area contributed by atoms with Gasteiger partial charge in [-0.05, 0) is 6.07 Å². The maximum atomic E-state index is 4.08. The van der Waals surface area contributed by atoms with E-state index < -0.39 is 0 Å². The van der Waals surface area contributed by atoms with Gasteiger partial charge in [0.15, 0.2) is 0 Å². The van der Waals surface area contributed by atoms with Gasteiger partial charge in [-0.3, -0.25) is 24.9 Å². The van der Waals surface area contributed by atoms with E-state index in [1.807, 2.05) is 6.07 Å². The molecule has 16 heavy (non-hydrogen) atoms. The van der Waals surface area contributed by atoms with Crippen LogP contribution in [-0.2, 0) is 0 Å². The second-order valence-electron chi connectivity index (χ2n) is 2.82. The molecule has 5 nitrogen and oxygen atoms in total. The van der Waals surface area contributed by atoms with Crippen LogP contribution in [0.25, 0.3) is 11.0 Å². The van der Waals surface area contributed by atoms with Crippen molar-refractivity contribution in [3.63, 3.8) is 0 Å². The fourth-order valence-corrected chi connectivity index (χ4v) is 1.07. The third-order valence-corrected chi connectivity index (χ3v) is 1.75. The van der Waals surface area contributed by atoms with Crippen LogP contribution in [0.15, 0.2) is 55.6 Å². The van der Waals surface area contributed by atoms with E-state index in [2.05, 4.69) is 24.9 Å². The minimum atomic E-state index is 0.838. The van der Waals surface area contributed by atoms with E-state index in [9.17, 15) is 0 Å². The van der Waals surface area contributed by atoms with Crippen LogP contribution in [0.2, 0.25) is 0 Å². The first kappa shape index (κ1) is 10.1. The molecule has 0 saturated carbocycles. The molecule has 0 amide bonds. The van der Waals surface area contributed by atoms with Gasteiger partial charge in [-0.15, -0.1) is 0 Å². The van der Waals surface area contributed by atoms with Crippen LogP contribution in [0.3, 0.4) is 0 Å². The summed E-state index contributed by atoms with van der Waals surface area (Å²) in [5.41, 5.74) is 1.72. The van der Waals surface area contributed by atoms with Crippen molar-refractivity contribution in [3.05, 3.63) is 55.6 Å². The van der Waals surface area contributed by atoms with Crippen molar-refractivity contribution in [2.24, 2.45) is 0 Å². The highest BCUT2D eigenvalue weighted by atomic mass is 14.8. The van der Waals surface area contributed by atoms with Gasteiger partial charge in [0.25, 0.3) is 0 Å². The minimum Gasteiger partial charge on any atom is -0.262 e. The van der Waals surface area contributed by atoms with Gasteiger partial charge >= 0.3 is 0 Å². The highest BCUT2D eigenvalue weighted by molar-refractivity contribution is 5.71. The van der Waals surface area contributed by atoms with E-state index in [1.165, 1.54) is 0 Å². The number of aromatic nitrogens is 5.